The summed E-state index contributed by atoms with van der Waals surface area (Å²) in [5, 5.41) is 19.8. The highest BCUT2D eigenvalue weighted by molar-refractivity contribution is 5.96. The minimum Gasteiger partial charge on any atom is -0.464 e. The van der Waals surface area contributed by atoms with Crippen LogP contribution in [0.1, 0.15) is 21.6 Å². The van der Waals surface area contributed by atoms with Gasteiger partial charge in [0.1, 0.15) is 6.07 Å². The summed E-state index contributed by atoms with van der Waals surface area (Å²) in [5.41, 5.74) is 6.93. The van der Waals surface area contributed by atoms with E-state index in [2.05, 4.69) is 4.74 Å². The summed E-state index contributed by atoms with van der Waals surface area (Å²) in [6.07, 6.45) is 1.40. The number of nitriles is 1. The summed E-state index contributed by atoms with van der Waals surface area (Å²) in [7, 11) is 1.20. The van der Waals surface area contributed by atoms with Gasteiger partial charge in [-0.2, -0.15) is 5.26 Å². The zero-order chi connectivity index (χ0) is 16.4. The number of nitro groups is 1. The number of rotatable bonds is 3. The van der Waals surface area contributed by atoms with Crippen molar-refractivity contribution in [2.45, 2.75) is 6.92 Å². The van der Waals surface area contributed by atoms with Crippen LogP contribution in [0.3, 0.4) is 0 Å². The number of nitro benzene ring substituents is 1. The van der Waals surface area contributed by atoms with Crippen molar-refractivity contribution in [2.24, 2.45) is 0 Å². The Morgan fingerprint density at radius 2 is 2.18 bits per heavy atom. The Kier molecular flexibility index (Phi) is 3.81. The van der Waals surface area contributed by atoms with Gasteiger partial charge < -0.3 is 15.0 Å². The monoisotopic (exact) mass is 300 g/mol. The smallest absolute Gasteiger partial charge is 0.357 e. The molecule has 0 aliphatic rings. The standard InChI is InChI=1S/C14H12N4O4/c1-8-5-10(18(20)21)3-4-11(8)17-7-9(6-15)12(16)13(17)14(19)22-2/h3-5,7H,16H2,1-2H3. The van der Waals surface area contributed by atoms with E-state index in [9.17, 15) is 14.9 Å². The second-order valence-electron chi connectivity index (χ2n) is 4.51. The number of nitrogens with two attached hydrogens (primary N) is 1. The van der Waals surface area contributed by atoms with Crippen LogP contribution < -0.4 is 5.73 Å². The number of nitrogens with zero attached hydrogens (tertiary/aromatic N) is 3. The lowest BCUT2D eigenvalue weighted by atomic mass is 10.1. The molecule has 0 bridgehead atoms. The molecule has 8 nitrogen and oxygen atoms in total. The number of benzene rings is 1. The van der Waals surface area contributed by atoms with Gasteiger partial charge in [-0.25, -0.2) is 4.79 Å². The Bertz CT molecular complexity index is 817. The molecule has 0 unspecified atom stereocenters. The first kappa shape index (κ1) is 15.1. The fraction of sp³-hybridized carbons (Fsp3) is 0.143. The highest BCUT2D eigenvalue weighted by Gasteiger charge is 2.23. The third-order valence-electron chi connectivity index (χ3n) is 3.19. The Morgan fingerprint density at radius 1 is 1.50 bits per heavy atom. The third-order valence-corrected chi connectivity index (χ3v) is 3.19. The molecule has 2 aromatic rings. The predicted octanol–water partition coefficient (Wildman–Crippen LogP) is 1.93. The second kappa shape index (κ2) is 5.57. The van der Waals surface area contributed by atoms with E-state index in [1.165, 1.54) is 36.1 Å². The van der Waals surface area contributed by atoms with Gasteiger partial charge in [0, 0.05) is 24.0 Å². The van der Waals surface area contributed by atoms with Gasteiger partial charge in [-0.15, -0.1) is 0 Å². The number of carbonyl (C=O) groups excluding carboxylic acids is 1. The number of anilines is 1. The number of esters is 1. The number of aromatic nitrogens is 1. The Labute approximate surface area is 125 Å². The van der Waals surface area contributed by atoms with E-state index in [-0.39, 0.29) is 22.6 Å². The van der Waals surface area contributed by atoms with Crippen molar-refractivity contribution in [3.8, 4) is 11.8 Å². The van der Waals surface area contributed by atoms with E-state index in [0.29, 0.717) is 11.3 Å². The number of hydrogen-bond acceptors (Lipinski definition) is 6. The number of hydrogen-bond donors (Lipinski definition) is 1. The highest BCUT2D eigenvalue weighted by atomic mass is 16.6. The van der Waals surface area contributed by atoms with Crippen molar-refractivity contribution >= 4 is 17.3 Å². The maximum atomic E-state index is 11.9. The van der Waals surface area contributed by atoms with E-state index >= 15 is 0 Å². The number of carbonyl (C=O) groups is 1. The van der Waals surface area contributed by atoms with E-state index < -0.39 is 10.9 Å². The first-order valence-corrected chi connectivity index (χ1v) is 6.15. The third kappa shape index (κ3) is 2.35. The van der Waals surface area contributed by atoms with Crippen LogP contribution in [0.25, 0.3) is 5.69 Å². The molecule has 0 spiro atoms. The van der Waals surface area contributed by atoms with Gasteiger partial charge in [-0.05, 0) is 18.6 Å². The molecule has 0 atom stereocenters. The fourth-order valence-electron chi connectivity index (χ4n) is 2.13. The highest BCUT2D eigenvalue weighted by Crippen LogP contribution is 2.28. The van der Waals surface area contributed by atoms with Crippen LogP contribution in [-0.4, -0.2) is 22.6 Å². The van der Waals surface area contributed by atoms with Crippen LogP contribution >= 0.6 is 0 Å². The minimum atomic E-state index is -0.697. The average molecular weight is 300 g/mol. The zero-order valence-electron chi connectivity index (χ0n) is 11.9. The molecule has 0 fully saturated rings. The molecule has 8 heteroatoms. The van der Waals surface area contributed by atoms with Crippen molar-refractivity contribution < 1.29 is 14.5 Å². The molecule has 2 rings (SSSR count). The molecule has 0 saturated heterocycles. The van der Waals surface area contributed by atoms with Gasteiger partial charge in [0.15, 0.2) is 5.69 Å². The van der Waals surface area contributed by atoms with Gasteiger partial charge in [-0.3, -0.25) is 10.1 Å². The quantitative estimate of drug-likeness (QED) is 0.524. The van der Waals surface area contributed by atoms with Crippen molar-refractivity contribution in [2.75, 3.05) is 12.8 Å². The predicted molar refractivity (Wildman–Crippen MR) is 77.6 cm³/mol. The summed E-state index contributed by atoms with van der Waals surface area (Å²) in [6, 6.07) is 6.06. The van der Waals surface area contributed by atoms with E-state index in [4.69, 9.17) is 11.0 Å². The molecule has 0 aliphatic heterocycles. The molecule has 1 aromatic carbocycles. The maximum absolute atomic E-state index is 11.9. The van der Waals surface area contributed by atoms with Crippen LogP contribution in [0, 0.1) is 28.4 Å². The van der Waals surface area contributed by atoms with Crippen molar-refractivity contribution in [3.05, 3.63) is 51.3 Å². The number of ether oxygens (including phenoxy) is 1. The van der Waals surface area contributed by atoms with Crippen LogP contribution in [0.4, 0.5) is 11.4 Å². The summed E-state index contributed by atoms with van der Waals surface area (Å²) in [4.78, 5) is 22.2. The van der Waals surface area contributed by atoms with Gasteiger partial charge in [0.05, 0.1) is 23.3 Å². The summed E-state index contributed by atoms with van der Waals surface area (Å²) < 4.78 is 6.08. The van der Waals surface area contributed by atoms with Crippen LogP contribution in [-0.2, 0) is 4.74 Å². The second-order valence-corrected chi connectivity index (χ2v) is 4.51. The van der Waals surface area contributed by atoms with Crippen LogP contribution in [0.5, 0.6) is 0 Å². The fourth-order valence-corrected chi connectivity index (χ4v) is 2.13. The molecular weight excluding hydrogens is 288 g/mol. The lowest BCUT2D eigenvalue weighted by molar-refractivity contribution is -0.384. The normalized spacial score (nSPS) is 10.0. The molecule has 0 aliphatic carbocycles. The van der Waals surface area contributed by atoms with Crippen molar-refractivity contribution in [1.29, 1.82) is 5.26 Å². The van der Waals surface area contributed by atoms with Crippen LogP contribution in [0.15, 0.2) is 24.4 Å². The van der Waals surface area contributed by atoms with E-state index in [1.54, 1.807) is 6.92 Å². The molecular formula is C14H12N4O4. The number of non-ortho nitro benzene ring substituents is 1. The van der Waals surface area contributed by atoms with Gasteiger partial charge in [0.25, 0.3) is 5.69 Å². The van der Waals surface area contributed by atoms with Gasteiger partial charge >= 0.3 is 5.97 Å². The number of nitrogen functional groups attached to an aromatic ring is 1. The summed E-state index contributed by atoms with van der Waals surface area (Å²) >= 11 is 0. The van der Waals surface area contributed by atoms with Crippen molar-refractivity contribution in [3.63, 3.8) is 0 Å². The molecule has 1 heterocycles. The number of methoxy groups -OCH3 is 1. The molecule has 0 amide bonds. The zero-order valence-corrected chi connectivity index (χ0v) is 11.9. The average Bonchev–Trinajstić information content (AvgIpc) is 2.82. The van der Waals surface area contributed by atoms with Gasteiger partial charge in [-0.1, -0.05) is 0 Å². The topological polar surface area (TPSA) is 124 Å². The first-order chi connectivity index (χ1) is 10.4. The lowest BCUT2D eigenvalue weighted by Crippen LogP contribution is -2.11. The minimum absolute atomic E-state index is 0.00658. The molecule has 0 saturated carbocycles. The first-order valence-electron chi connectivity index (χ1n) is 6.15. The molecule has 112 valence electrons. The lowest BCUT2D eigenvalue weighted by Gasteiger charge is -2.11. The molecule has 2 N–H and O–H groups in total. The Balaban J connectivity index is 2.70. The van der Waals surface area contributed by atoms with Crippen molar-refractivity contribution in [1.82, 2.24) is 4.57 Å². The molecule has 0 radical (unpaired) electrons. The van der Waals surface area contributed by atoms with Crippen LogP contribution in [0.2, 0.25) is 0 Å². The summed E-state index contributed by atoms with van der Waals surface area (Å²) in [6.45, 7) is 1.66. The maximum Gasteiger partial charge on any atom is 0.357 e. The van der Waals surface area contributed by atoms with E-state index in [0.717, 1.165) is 0 Å². The SMILES string of the molecule is COC(=O)c1c(N)c(C#N)cn1-c1ccc([N+](=O)[O-])cc1C. The Hall–Kier alpha value is -3.34. The van der Waals surface area contributed by atoms with E-state index in [1.807, 2.05) is 6.07 Å². The molecule has 22 heavy (non-hydrogen) atoms. The Morgan fingerprint density at radius 3 is 2.68 bits per heavy atom. The largest absolute Gasteiger partial charge is 0.464 e. The van der Waals surface area contributed by atoms with Gasteiger partial charge in [0.2, 0.25) is 0 Å². The number of aryl methyl sites for hydroxylation is 1. The summed E-state index contributed by atoms with van der Waals surface area (Å²) in [5.74, 6) is -0.697. The molecule has 1 aromatic heterocycles.